The van der Waals surface area contributed by atoms with Gasteiger partial charge in [-0.25, -0.2) is 4.98 Å². The lowest BCUT2D eigenvalue weighted by Gasteiger charge is -2.08. The van der Waals surface area contributed by atoms with Gasteiger partial charge in [0.25, 0.3) is 0 Å². The molecule has 3 aromatic heterocycles. The number of unbranched alkanes of at least 4 members (excludes halogenated alkanes) is 18. The fraction of sp³-hybridized carbons (Fsp3) is 0.649. The van der Waals surface area contributed by atoms with Gasteiger partial charge in [0.05, 0.1) is 26.9 Å². The average Bonchev–Trinajstić information content (AvgIpc) is 3.56. The van der Waals surface area contributed by atoms with E-state index in [2.05, 4.69) is 89.4 Å². The number of hydrogen-bond acceptors (Lipinski definition) is 3. The Morgan fingerprint density at radius 1 is 0.500 bits per heavy atom. The molecule has 42 heavy (non-hydrogen) atoms. The number of nitrogens with zero attached hydrogens (tertiary/aromatic N) is 1. The third-order valence-corrected chi connectivity index (χ3v) is 12.3. The summed E-state index contributed by atoms with van der Waals surface area (Å²) >= 11 is 8.83. The molecule has 0 aliphatic carbocycles. The van der Waals surface area contributed by atoms with Crippen molar-refractivity contribution in [3.8, 4) is 21.1 Å². The van der Waals surface area contributed by atoms with Crippen LogP contribution in [0.5, 0.6) is 0 Å². The molecule has 3 heterocycles. The Morgan fingerprint density at radius 3 is 1.19 bits per heavy atom. The highest BCUT2D eigenvalue weighted by atomic mass is 127. The van der Waals surface area contributed by atoms with Gasteiger partial charge >= 0.3 is 0 Å². The summed E-state index contributed by atoms with van der Waals surface area (Å²) in [5.74, 6) is 0. The van der Waals surface area contributed by atoms with Crippen molar-refractivity contribution in [1.82, 2.24) is 4.98 Å². The molecule has 0 atom stereocenters. The zero-order valence-corrected chi connectivity index (χ0v) is 32.4. The van der Waals surface area contributed by atoms with E-state index in [0.29, 0.717) is 0 Å². The van der Waals surface area contributed by atoms with Crippen molar-refractivity contribution in [2.75, 3.05) is 0 Å². The first-order chi connectivity index (χ1) is 20.6. The Labute approximate surface area is 293 Å². The molecular formula is C37H55I2NS2. The van der Waals surface area contributed by atoms with Gasteiger partial charge in [-0.2, -0.15) is 0 Å². The summed E-state index contributed by atoms with van der Waals surface area (Å²) in [7, 11) is 0. The number of halogens is 2. The summed E-state index contributed by atoms with van der Waals surface area (Å²) in [6, 6.07) is 11.5. The van der Waals surface area contributed by atoms with Gasteiger partial charge in [-0.3, -0.25) is 0 Å². The molecule has 234 valence electrons. The smallest absolute Gasteiger partial charge is 0.0812 e. The lowest BCUT2D eigenvalue weighted by Crippen LogP contribution is -1.92. The first-order valence-electron chi connectivity index (χ1n) is 17.2. The van der Waals surface area contributed by atoms with Crippen molar-refractivity contribution < 1.29 is 0 Å². The highest BCUT2D eigenvalue weighted by Gasteiger charge is 2.15. The van der Waals surface area contributed by atoms with Crippen LogP contribution in [0.15, 0.2) is 30.3 Å². The molecule has 3 aromatic rings. The Bertz CT molecular complexity index is 1040. The van der Waals surface area contributed by atoms with E-state index in [9.17, 15) is 0 Å². The largest absolute Gasteiger partial charge is 0.246 e. The van der Waals surface area contributed by atoms with Crippen LogP contribution in [0.1, 0.15) is 153 Å². The summed E-state index contributed by atoms with van der Waals surface area (Å²) in [4.78, 5) is 8.05. The van der Waals surface area contributed by atoms with Crippen LogP contribution >= 0.6 is 67.9 Å². The van der Waals surface area contributed by atoms with Gasteiger partial charge in [-0.1, -0.05) is 135 Å². The summed E-state index contributed by atoms with van der Waals surface area (Å²) < 4.78 is 2.76. The van der Waals surface area contributed by atoms with Crippen LogP contribution in [-0.2, 0) is 12.8 Å². The van der Waals surface area contributed by atoms with Gasteiger partial charge in [0.1, 0.15) is 0 Å². The van der Waals surface area contributed by atoms with Gasteiger partial charge in [0.2, 0.25) is 0 Å². The summed E-state index contributed by atoms with van der Waals surface area (Å²) in [6.45, 7) is 4.60. The highest BCUT2D eigenvalue weighted by molar-refractivity contribution is 14.1. The molecule has 0 bridgehead atoms. The Kier molecular flexibility index (Phi) is 19.5. The van der Waals surface area contributed by atoms with Crippen molar-refractivity contribution in [1.29, 1.82) is 0 Å². The van der Waals surface area contributed by atoms with Gasteiger partial charge in [-0.05, 0) is 106 Å². The minimum atomic E-state index is 1.16. The van der Waals surface area contributed by atoms with E-state index in [1.165, 1.54) is 168 Å². The van der Waals surface area contributed by atoms with E-state index in [0.717, 1.165) is 11.4 Å². The maximum absolute atomic E-state index is 5.27. The molecule has 0 fully saturated rings. The molecule has 0 aromatic carbocycles. The minimum absolute atomic E-state index is 1.16. The van der Waals surface area contributed by atoms with Crippen molar-refractivity contribution in [2.24, 2.45) is 0 Å². The van der Waals surface area contributed by atoms with E-state index in [1.807, 2.05) is 22.7 Å². The molecule has 1 nitrogen and oxygen atoms in total. The summed E-state index contributed by atoms with van der Waals surface area (Å²) in [5.41, 5.74) is 5.33. The normalized spacial score (nSPS) is 11.5. The predicted molar refractivity (Wildman–Crippen MR) is 207 cm³/mol. The van der Waals surface area contributed by atoms with Crippen LogP contribution in [0.25, 0.3) is 21.1 Å². The molecule has 0 unspecified atom stereocenters. The number of hydrogen-bond donors (Lipinski definition) is 0. The van der Waals surface area contributed by atoms with Crippen LogP contribution in [0.2, 0.25) is 0 Å². The lowest BCUT2D eigenvalue weighted by atomic mass is 10.0. The second kappa shape index (κ2) is 22.5. The number of aromatic nitrogens is 1. The molecule has 0 radical (unpaired) electrons. The van der Waals surface area contributed by atoms with Crippen LogP contribution in [0.4, 0.5) is 0 Å². The molecule has 0 N–H and O–H groups in total. The Morgan fingerprint density at radius 2 is 0.833 bits per heavy atom. The molecule has 5 heteroatoms. The fourth-order valence-corrected chi connectivity index (χ4v) is 9.77. The summed E-state index contributed by atoms with van der Waals surface area (Å²) in [6.07, 6.45) is 30.2. The lowest BCUT2D eigenvalue weighted by molar-refractivity contribution is 0.556. The van der Waals surface area contributed by atoms with E-state index in [-0.39, 0.29) is 0 Å². The van der Waals surface area contributed by atoms with Crippen LogP contribution in [0, 0.1) is 5.77 Å². The number of rotatable bonds is 24. The second-order valence-electron chi connectivity index (χ2n) is 12.1. The second-order valence-corrected chi connectivity index (χ2v) is 18.0. The van der Waals surface area contributed by atoms with Crippen molar-refractivity contribution >= 4 is 67.9 Å². The van der Waals surface area contributed by atoms with E-state index >= 15 is 0 Å². The molecular weight excluding hydrogens is 776 g/mol. The van der Waals surface area contributed by atoms with Gasteiger partial charge < -0.3 is 0 Å². The molecule has 0 aliphatic rings. The highest BCUT2D eigenvalue weighted by Crippen LogP contribution is 2.38. The number of thiophene rings is 2. The average molecular weight is 832 g/mol. The van der Waals surface area contributed by atoms with Crippen LogP contribution in [0.3, 0.4) is 0 Å². The van der Waals surface area contributed by atoms with E-state index in [1.54, 1.807) is 0 Å². The fourth-order valence-electron chi connectivity index (χ4n) is 5.89. The molecule has 0 saturated carbocycles. The topological polar surface area (TPSA) is 12.9 Å². The number of aryl methyl sites for hydroxylation is 2. The zero-order chi connectivity index (χ0) is 29.8. The van der Waals surface area contributed by atoms with Crippen molar-refractivity contribution in [3.05, 3.63) is 47.2 Å². The third kappa shape index (κ3) is 14.0. The summed E-state index contributed by atoms with van der Waals surface area (Å²) in [5, 5.41) is 0. The maximum Gasteiger partial charge on any atom is 0.0812 e. The SMILES string of the molecule is CCCCCCCCCCCCc1cc(I)sc1-c1cccc(-c2sc(I)cc2CCCCCCCCCCCC)n1. The molecule has 0 aliphatic heterocycles. The quantitative estimate of drug-likeness (QED) is 0.0647. The molecule has 0 amide bonds. The van der Waals surface area contributed by atoms with Gasteiger partial charge in [0.15, 0.2) is 0 Å². The standard InChI is InChI=1S/C37H55I2NS2/c1-3-5-7-9-11-13-15-17-19-21-24-30-28-34(38)41-36(30)32-26-23-27-33(40-32)37-31(29-35(39)42-37)25-22-20-18-16-14-12-10-8-6-4-2/h23,26-29H,3-22,24-25H2,1-2H3. The Balaban J connectivity index is 1.48. The monoisotopic (exact) mass is 831 g/mol. The Hall–Kier alpha value is 0.01000. The maximum atomic E-state index is 5.27. The zero-order valence-electron chi connectivity index (χ0n) is 26.5. The predicted octanol–water partition coefficient (Wildman–Crippen LogP) is 14.7. The third-order valence-electron chi connectivity index (χ3n) is 8.37. The number of pyridine rings is 1. The van der Waals surface area contributed by atoms with Crippen LogP contribution in [-0.4, -0.2) is 4.98 Å². The van der Waals surface area contributed by atoms with E-state index in [4.69, 9.17) is 4.98 Å². The van der Waals surface area contributed by atoms with Crippen molar-refractivity contribution in [2.45, 2.75) is 155 Å². The minimum Gasteiger partial charge on any atom is -0.246 e. The van der Waals surface area contributed by atoms with Crippen LogP contribution < -0.4 is 0 Å². The molecule has 0 saturated heterocycles. The molecule has 3 rings (SSSR count). The first-order valence-corrected chi connectivity index (χ1v) is 21.0. The van der Waals surface area contributed by atoms with E-state index < -0.39 is 0 Å². The van der Waals surface area contributed by atoms with Gasteiger partial charge in [0, 0.05) is 0 Å². The van der Waals surface area contributed by atoms with Gasteiger partial charge in [-0.15, -0.1) is 22.7 Å². The first kappa shape index (κ1) is 36.5. The van der Waals surface area contributed by atoms with Crippen molar-refractivity contribution in [3.63, 3.8) is 0 Å². The molecule has 0 spiro atoms.